The smallest absolute Gasteiger partial charge is 0.252 e. The van der Waals surface area contributed by atoms with E-state index in [9.17, 15) is 13.6 Å². The minimum absolute atomic E-state index is 0.0184. The summed E-state index contributed by atoms with van der Waals surface area (Å²) in [6, 6.07) is 13.3. The number of halogens is 2. The topological polar surface area (TPSA) is 89.1 Å². The Labute approximate surface area is 208 Å². The lowest BCUT2D eigenvalue weighted by Crippen LogP contribution is -2.25. The van der Waals surface area contributed by atoms with E-state index < -0.39 is 17.5 Å². The number of amides is 1. The lowest BCUT2D eigenvalue weighted by Gasteiger charge is -2.16. The van der Waals surface area contributed by atoms with Gasteiger partial charge in [-0.05, 0) is 50.7 Å². The third kappa shape index (κ3) is 5.42. The molecule has 0 unspecified atom stereocenters. The van der Waals surface area contributed by atoms with Crippen LogP contribution in [0.15, 0.2) is 54.7 Å². The van der Waals surface area contributed by atoms with Crippen LogP contribution in [0.1, 0.15) is 41.4 Å². The zero-order valence-electron chi connectivity index (χ0n) is 20.6. The quantitative estimate of drug-likeness (QED) is 0.364. The number of hydrogen-bond acceptors (Lipinski definition) is 5. The highest BCUT2D eigenvalue weighted by Gasteiger charge is 2.19. The minimum atomic E-state index is -0.708. The van der Waals surface area contributed by atoms with Crippen molar-refractivity contribution in [2.45, 2.75) is 33.0 Å². The van der Waals surface area contributed by atoms with Crippen LogP contribution in [0.2, 0.25) is 0 Å². The number of benzene rings is 2. The zero-order valence-corrected chi connectivity index (χ0v) is 20.6. The number of pyridine rings is 1. The normalized spacial score (nSPS) is 11.6. The maximum absolute atomic E-state index is 14.1. The summed E-state index contributed by atoms with van der Waals surface area (Å²) in [5, 5.41) is 7.66. The number of nitrogens with two attached hydrogens (primary N) is 1. The summed E-state index contributed by atoms with van der Waals surface area (Å²) in [6.45, 7) is 5.75. The van der Waals surface area contributed by atoms with E-state index in [1.807, 2.05) is 45.2 Å². The van der Waals surface area contributed by atoms with Gasteiger partial charge in [0.05, 0.1) is 22.8 Å². The molecule has 3 N–H and O–H groups in total. The summed E-state index contributed by atoms with van der Waals surface area (Å²) in [4.78, 5) is 20.2. The summed E-state index contributed by atoms with van der Waals surface area (Å²) >= 11 is 0. The second-order valence-electron chi connectivity index (χ2n) is 9.08. The van der Waals surface area contributed by atoms with Crippen molar-refractivity contribution in [2.24, 2.45) is 5.73 Å². The first kappa shape index (κ1) is 25.4. The molecule has 2 heterocycles. The Bertz CT molecular complexity index is 1360. The summed E-state index contributed by atoms with van der Waals surface area (Å²) < 4.78 is 29.9. The predicted molar refractivity (Wildman–Crippen MR) is 136 cm³/mol. The van der Waals surface area contributed by atoms with Crippen LogP contribution in [0.25, 0.3) is 22.3 Å². The van der Waals surface area contributed by atoms with E-state index in [1.165, 1.54) is 6.07 Å². The fourth-order valence-corrected chi connectivity index (χ4v) is 4.14. The van der Waals surface area contributed by atoms with E-state index in [1.54, 1.807) is 16.9 Å². The molecule has 0 aliphatic rings. The standard InChI is InChI=1S/C27H30F2N6O/c1-17(2)35-26-21(15-32-35)20(27(36)31-14-22-23(28)8-5-9-24(22)29)13-25(33-26)19-7-4-6-18(12-19)16-34(3)11-10-30/h4-9,12-13,15,17H,10-11,14,16,30H2,1-3H3,(H,31,36). The molecule has 2 aromatic heterocycles. The van der Waals surface area contributed by atoms with Gasteiger partial charge in [-0.15, -0.1) is 0 Å². The third-order valence-electron chi connectivity index (χ3n) is 5.97. The predicted octanol–water partition coefficient (Wildman–Crippen LogP) is 4.28. The first-order valence-corrected chi connectivity index (χ1v) is 11.9. The van der Waals surface area contributed by atoms with Crippen LogP contribution in [0, 0.1) is 11.6 Å². The fraction of sp³-hybridized carbons (Fsp3) is 0.296. The lowest BCUT2D eigenvalue weighted by atomic mass is 10.0. The molecule has 2 aromatic carbocycles. The average molecular weight is 493 g/mol. The lowest BCUT2D eigenvalue weighted by molar-refractivity contribution is 0.0952. The molecular weight excluding hydrogens is 462 g/mol. The number of likely N-dealkylation sites (N-methyl/N-ethyl adjacent to an activating group) is 1. The molecule has 1 amide bonds. The fourth-order valence-electron chi connectivity index (χ4n) is 4.14. The van der Waals surface area contributed by atoms with Crippen LogP contribution in [-0.4, -0.2) is 45.7 Å². The molecule has 188 valence electrons. The van der Waals surface area contributed by atoms with Crippen molar-refractivity contribution < 1.29 is 13.6 Å². The SMILES string of the molecule is CC(C)n1ncc2c(C(=O)NCc3c(F)cccc3F)cc(-c3cccc(CN(C)CCN)c3)nc21. The highest BCUT2D eigenvalue weighted by atomic mass is 19.1. The van der Waals surface area contributed by atoms with E-state index in [2.05, 4.69) is 15.3 Å². The molecule has 4 aromatic rings. The van der Waals surface area contributed by atoms with E-state index in [-0.39, 0.29) is 18.2 Å². The Morgan fingerprint density at radius 1 is 1.14 bits per heavy atom. The van der Waals surface area contributed by atoms with Gasteiger partial charge in [0, 0.05) is 43.3 Å². The van der Waals surface area contributed by atoms with Gasteiger partial charge in [-0.1, -0.05) is 24.3 Å². The van der Waals surface area contributed by atoms with E-state index in [0.717, 1.165) is 36.3 Å². The second kappa shape index (κ2) is 10.9. The number of fused-ring (bicyclic) bond motifs is 1. The van der Waals surface area contributed by atoms with Gasteiger partial charge in [0.25, 0.3) is 5.91 Å². The first-order chi connectivity index (χ1) is 17.3. The molecule has 0 fully saturated rings. The van der Waals surface area contributed by atoms with E-state index >= 15 is 0 Å². The molecular formula is C27H30F2N6O. The first-order valence-electron chi connectivity index (χ1n) is 11.9. The Morgan fingerprint density at radius 3 is 2.56 bits per heavy atom. The molecule has 0 spiro atoms. The number of carbonyl (C=O) groups excluding carboxylic acids is 1. The zero-order chi connectivity index (χ0) is 25.8. The molecule has 4 rings (SSSR count). The number of carbonyl (C=O) groups is 1. The molecule has 7 nitrogen and oxygen atoms in total. The van der Waals surface area contributed by atoms with Gasteiger partial charge in [0.2, 0.25) is 0 Å². The van der Waals surface area contributed by atoms with Crippen molar-refractivity contribution in [3.63, 3.8) is 0 Å². The molecule has 0 radical (unpaired) electrons. The molecule has 0 atom stereocenters. The highest BCUT2D eigenvalue weighted by Crippen LogP contribution is 2.27. The monoisotopic (exact) mass is 492 g/mol. The maximum atomic E-state index is 14.1. The number of nitrogens with zero attached hydrogens (tertiary/aromatic N) is 4. The Balaban J connectivity index is 1.72. The van der Waals surface area contributed by atoms with E-state index in [4.69, 9.17) is 10.7 Å². The van der Waals surface area contributed by atoms with Gasteiger partial charge in [0.15, 0.2) is 5.65 Å². The van der Waals surface area contributed by atoms with Crippen LogP contribution in [0.4, 0.5) is 8.78 Å². The molecule has 0 saturated heterocycles. The molecule has 0 aliphatic heterocycles. The van der Waals surface area contributed by atoms with Gasteiger partial charge in [-0.25, -0.2) is 18.4 Å². The van der Waals surface area contributed by atoms with Gasteiger partial charge in [-0.2, -0.15) is 5.10 Å². The van der Waals surface area contributed by atoms with Crippen LogP contribution in [0.3, 0.4) is 0 Å². The van der Waals surface area contributed by atoms with E-state index in [0.29, 0.717) is 28.8 Å². The van der Waals surface area contributed by atoms with Crippen LogP contribution in [0.5, 0.6) is 0 Å². The van der Waals surface area contributed by atoms with Crippen molar-refractivity contribution in [2.75, 3.05) is 20.1 Å². The molecule has 36 heavy (non-hydrogen) atoms. The second-order valence-corrected chi connectivity index (χ2v) is 9.08. The van der Waals surface area contributed by atoms with Crippen molar-refractivity contribution >= 4 is 16.9 Å². The van der Waals surface area contributed by atoms with Gasteiger partial charge < -0.3 is 16.0 Å². The number of hydrogen-bond donors (Lipinski definition) is 2. The Kier molecular flexibility index (Phi) is 7.71. The van der Waals surface area contributed by atoms with Crippen LogP contribution in [-0.2, 0) is 13.1 Å². The van der Waals surface area contributed by atoms with Gasteiger partial charge in [-0.3, -0.25) is 4.79 Å². The van der Waals surface area contributed by atoms with Crippen LogP contribution >= 0.6 is 0 Å². The average Bonchev–Trinajstić information content (AvgIpc) is 3.28. The van der Waals surface area contributed by atoms with Crippen LogP contribution < -0.4 is 11.1 Å². The molecule has 0 saturated carbocycles. The summed E-state index contributed by atoms with van der Waals surface area (Å²) in [5.74, 6) is -1.88. The number of aromatic nitrogens is 3. The Morgan fingerprint density at radius 2 is 1.86 bits per heavy atom. The summed E-state index contributed by atoms with van der Waals surface area (Å²) in [7, 11) is 2.01. The van der Waals surface area contributed by atoms with Crippen molar-refractivity contribution in [1.29, 1.82) is 0 Å². The largest absolute Gasteiger partial charge is 0.348 e. The Hall–Kier alpha value is -3.69. The number of nitrogens with one attached hydrogen (secondary N) is 1. The van der Waals surface area contributed by atoms with Gasteiger partial charge in [0.1, 0.15) is 11.6 Å². The minimum Gasteiger partial charge on any atom is -0.348 e. The van der Waals surface area contributed by atoms with Crippen molar-refractivity contribution in [1.82, 2.24) is 25.0 Å². The highest BCUT2D eigenvalue weighted by molar-refractivity contribution is 6.06. The molecule has 0 bridgehead atoms. The number of rotatable bonds is 9. The molecule has 9 heteroatoms. The molecule has 0 aliphatic carbocycles. The maximum Gasteiger partial charge on any atom is 0.252 e. The van der Waals surface area contributed by atoms with Crippen molar-refractivity contribution in [3.8, 4) is 11.3 Å². The summed E-state index contributed by atoms with van der Waals surface area (Å²) in [5.41, 5.74) is 8.92. The summed E-state index contributed by atoms with van der Waals surface area (Å²) in [6.07, 6.45) is 1.60. The van der Waals surface area contributed by atoms with Crippen molar-refractivity contribution in [3.05, 3.63) is 83.1 Å². The van der Waals surface area contributed by atoms with Gasteiger partial charge >= 0.3 is 0 Å². The third-order valence-corrected chi connectivity index (χ3v) is 5.97.